The van der Waals surface area contributed by atoms with Gasteiger partial charge < -0.3 is 9.84 Å². The van der Waals surface area contributed by atoms with Crippen molar-refractivity contribution in [2.45, 2.75) is 33.8 Å². The van der Waals surface area contributed by atoms with Gasteiger partial charge >= 0.3 is 0 Å². The molecule has 0 aliphatic carbocycles. The Hall–Kier alpha value is -1.02. The first-order chi connectivity index (χ1) is 7.13. The Morgan fingerprint density at radius 1 is 1.33 bits per heavy atom. The largest absolute Gasteiger partial charge is 0.493 e. The molecule has 0 aromatic heterocycles. The van der Waals surface area contributed by atoms with Crippen molar-refractivity contribution < 1.29 is 9.84 Å². The number of ether oxygens (including phenoxy) is 1. The minimum Gasteiger partial charge on any atom is -0.493 e. The monoisotopic (exact) mass is 208 g/mol. The van der Waals surface area contributed by atoms with Gasteiger partial charge in [-0.2, -0.15) is 0 Å². The molecule has 0 bridgehead atoms. The van der Waals surface area contributed by atoms with Crippen LogP contribution in [0, 0.1) is 12.8 Å². The molecular formula is C13H20O2. The number of aryl methyl sites for hydroxylation is 1. The molecule has 0 amide bonds. The van der Waals surface area contributed by atoms with Crippen LogP contribution in [-0.2, 0) is 6.61 Å². The fraction of sp³-hybridized carbons (Fsp3) is 0.538. The van der Waals surface area contributed by atoms with Crippen LogP contribution in [0.3, 0.4) is 0 Å². The number of hydrogen-bond acceptors (Lipinski definition) is 2. The molecule has 15 heavy (non-hydrogen) atoms. The van der Waals surface area contributed by atoms with Crippen molar-refractivity contribution in [2.75, 3.05) is 6.61 Å². The Kier molecular flexibility index (Phi) is 4.63. The highest BCUT2D eigenvalue weighted by Crippen LogP contribution is 2.19. The highest BCUT2D eigenvalue weighted by Gasteiger charge is 2.01. The van der Waals surface area contributed by atoms with Crippen LogP contribution in [0.1, 0.15) is 31.4 Å². The smallest absolute Gasteiger partial charge is 0.122 e. The molecule has 0 spiro atoms. The van der Waals surface area contributed by atoms with Crippen LogP contribution in [0.25, 0.3) is 0 Å². The summed E-state index contributed by atoms with van der Waals surface area (Å²) in [5.74, 6) is 1.59. The molecule has 0 saturated heterocycles. The maximum absolute atomic E-state index is 8.96. The third-order valence-electron chi connectivity index (χ3n) is 2.37. The average molecular weight is 208 g/mol. The first kappa shape index (κ1) is 12.1. The normalized spacial score (nSPS) is 10.7. The molecule has 0 heterocycles. The standard InChI is InChI=1S/C13H20O2/c1-10(2)6-7-15-13-5-4-12(9-14)8-11(13)3/h4-5,8,10,14H,6-7,9H2,1-3H3. The SMILES string of the molecule is Cc1cc(CO)ccc1OCCC(C)C. The second-order valence-corrected chi connectivity index (χ2v) is 4.29. The second kappa shape index (κ2) is 5.76. The van der Waals surface area contributed by atoms with Gasteiger partial charge in [-0.05, 0) is 36.5 Å². The van der Waals surface area contributed by atoms with Gasteiger partial charge in [-0.1, -0.05) is 26.0 Å². The van der Waals surface area contributed by atoms with E-state index in [9.17, 15) is 0 Å². The Morgan fingerprint density at radius 3 is 2.60 bits per heavy atom. The number of hydrogen-bond donors (Lipinski definition) is 1. The topological polar surface area (TPSA) is 29.5 Å². The maximum Gasteiger partial charge on any atom is 0.122 e. The predicted molar refractivity (Wildman–Crippen MR) is 62.1 cm³/mol. The number of aliphatic hydroxyl groups excluding tert-OH is 1. The zero-order valence-electron chi connectivity index (χ0n) is 9.79. The van der Waals surface area contributed by atoms with Gasteiger partial charge in [-0.3, -0.25) is 0 Å². The predicted octanol–water partition coefficient (Wildman–Crippen LogP) is 2.91. The first-order valence-electron chi connectivity index (χ1n) is 5.46. The molecule has 0 saturated carbocycles. The van der Waals surface area contributed by atoms with Crippen molar-refractivity contribution in [2.24, 2.45) is 5.92 Å². The highest BCUT2D eigenvalue weighted by molar-refractivity contribution is 5.35. The van der Waals surface area contributed by atoms with Crippen molar-refractivity contribution in [3.8, 4) is 5.75 Å². The quantitative estimate of drug-likeness (QED) is 0.806. The van der Waals surface area contributed by atoms with Crippen LogP contribution >= 0.6 is 0 Å². The summed E-state index contributed by atoms with van der Waals surface area (Å²) in [7, 11) is 0. The van der Waals surface area contributed by atoms with Crippen molar-refractivity contribution in [3.63, 3.8) is 0 Å². The van der Waals surface area contributed by atoms with E-state index >= 15 is 0 Å². The lowest BCUT2D eigenvalue weighted by molar-refractivity contribution is 0.279. The van der Waals surface area contributed by atoms with E-state index in [0.717, 1.165) is 29.9 Å². The van der Waals surface area contributed by atoms with Gasteiger partial charge in [-0.15, -0.1) is 0 Å². The third kappa shape index (κ3) is 3.92. The molecule has 0 unspecified atom stereocenters. The number of benzene rings is 1. The fourth-order valence-corrected chi connectivity index (χ4v) is 1.38. The van der Waals surface area contributed by atoms with Crippen LogP contribution in [0.5, 0.6) is 5.75 Å². The van der Waals surface area contributed by atoms with Crippen LogP contribution in [-0.4, -0.2) is 11.7 Å². The molecule has 84 valence electrons. The Labute approximate surface area is 91.9 Å². The number of rotatable bonds is 5. The van der Waals surface area contributed by atoms with E-state index in [1.807, 2.05) is 25.1 Å². The lowest BCUT2D eigenvalue weighted by Gasteiger charge is -2.11. The highest BCUT2D eigenvalue weighted by atomic mass is 16.5. The second-order valence-electron chi connectivity index (χ2n) is 4.29. The van der Waals surface area contributed by atoms with Crippen LogP contribution in [0.15, 0.2) is 18.2 Å². The molecule has 0 radical (unpaired) electrons. The lowest BCUT2D eigenvalue weighted by atomic mass is 10.1. The molecule has 1 rings (SSSR count). The van der Waals surface area contributed by atoms with Gasteiger partial charge in [0.2, 0.25) is 0 Å². The van der Waals surface area contributed by atoms with E-state index in [1.54, 1.807) is 0 Å². The molecule has 1 aromatic carbocycles. The van der Waals surface area contributed by atoms with Crippen LogP contribution in [0.2, 0.25) is 0 Å². The zero-order valence-corrected chi connectivity index (χ0v) is 9.79. The van der Waals surface area contributed by atoms with Crippen molar-refractivity contribution in [3.05, 3.63) is 29.3 Å². The fourth-order valence-electron chi connectivity index (χ4n) is 1.38. The molecule has 0 aliphatic rings. The lowest BCUT2D eigenvalue weighted by Crippen LogP contribution is -2.02. The molecule has 2 heteroatoms. The van der Waals surface area contributed by atoms with E-state index in [1.165, 1.54) is 0 Å². The van der Waals surface area contributed by atoms with Crippen LogP contribution in [0.4, 0.5) is 0 Å². The molecular weight excluding hydrogens is 188 g/mol. The van der Waals surface area contributed by atoms with Gasteiger partial charge in [0, 0.05) is 0 Å². The first-order valence-corrected chi connectivity index (χ1v) is 5.46. The summed E-state index contributed by atoms with van der Waals surface area (Å²) in [5.41, 5.74) is 2.02. The van der Waals surface area contributed by atoms with Crippen LogP contribution < -0.4 is 4.74 Å². The third-order valence-corrected chi connectivity index (χ3v) is 2.37. The van der Waals surface area contributed by atoms with E-state index < -0.39 is 0 Å². The molecule has 0 atom stereocenters. The van der Waals surface area contributed by atoms with Gasteiger partial charge in [-0.25, -0.2) is 0 Å². The summed E-state index contributed by atoms with van der Waals surface area (Å²) >= 11 is 0. The number of aliphatic hydroxyl groups is 1. The Morgan fingerprint density at radius 2 is 2.07 bits per heavy atom. The summed E-state index contributed by atoms with van der Waals surface area (Å²) < 4.78 is 5.67. The Bertz CT molecular complexity index is 305. The van der Waals surface area contributed by atoms with Crippen molar-refractivity contribution in [1.29, 1.82) is 0 Å². The molecule has 1 aromatic rings. The minimum atomic E-state index is 0.0904. The van der Waals surface area contributed by atoms with E-state index in [2.05, 4.69) is 13.8 Å². The van der Waals surface area contributed by atoms with Crippen molar-refractivity contribution >= 4 is 0 Å². The van der Waals surface area contributed by atoms with Gasteiger partial charge in [0.15, 0.2) is 0 Å². The zero-order chi connectivity index (χ0) is 11.3. The van der Waals surface area contributed by atoms with E-state index in [0.29, 0.717) is 5.92 Å². The average Bonchev–Trinajstić information content (AvgIpc) is 2.20. The summed E-state index contributed by atoms with van der Waals surface area (Å²) in [6, 6.07) is 5.80. The molecule has 2 nitrogen and oxygen atoms in total. The van der Waals surface area contributed by atoms with Crippen molar-refractivity contribution in [1.82, 2.24) is 0 Å². The summed E-state index contributed by atoms with van der Waals surface area (Å²) in [5, 5.41) is 8.96. The molecule has 1 N–H and O–H groups in total. The van der Waals surface area contributed by atoms with E-state index in [4.69, 9.17) is 9.84 Å². The van der Waals surface area contributed by atoms with Gasteiger partial charge in [0.25, 0.3) is 0 Å². The molecule has 0 aliphatic heterocycles. The molecule has 0 fully saturated rings. The van der Waals surface area contributed by atoms with Gasteiger partial charge in [0.1, 0.15) is 5.75 Å². The summed E-state index contributed by atoms with van der Waals surface area (Å²) in [6.45, 7) is 7.23. The van der Waals surface area contributed by atoms with Gasteiger partial charge in [0.05, 0.1) is 13.2 Å². The minimum absolute atomic E-state index is 0.0904. The summed E-state index contributed by atoms with van der Waals surface area (Å²) in [4.78, 5) is 0. The van der Waals surface area contributed by atoms with E-state index in [-0.39, 0.29) is 6.61 Å². The Balaban J connectivity index is 2.54. The summed E-state index contributed by atoms with van der Waals surface area (Å²) in [6.07, 6.45) is 1.07. The maximum atomic E-state index is 8.96.